The van der Waals surface area contributed by atoms with Gasteiger partial charge >= 0.3 is 0 Å². The van der Waals surface area contributed by atoms with Crippen molar-refractivity contribution in [1.82, 2.24) is 5.32 Å². The van der Waals surface area contributed by atoms with Crippen molar-refractivity contribution in [3.05, 3.63) is 48.0 Å². The summed E-state index contributed by atoms with van der Waals surface area (Å²) in [5, 5.41) is 2.70. The predicted molar refractivity (Wildman–Crippen MR) is 56.9 cm³/mol. The Morgan fingerprint density at radius 1 is 1.43 bits per heavy atom. The highest BCUT2D eigenvalue weighted by molar-refractivity contribution is 5.94. The Morgan fingerprint density at radius 2 is 2.07 bits per heavy atom. The van der Waals surface area contributed by atoms with E-state index in [0.717, 1.165) is 5.56 Å². The summed E-state index contributed by atoms with van der Waals surface area (Å²) in [5.41, 5.74) is 7.10. The summed E-state index contributed by atoms with van der Waals surface area (Å²) in [7, 11) is 0. The molecular weight excluding hydrogens is 176 g/mol. The molecule has 0 fully saturated rings. The summed E-state index contributed by atoms with van der Waals surface area (Å²) in [6, 6.07) is 7.23. The van der Waals surface area contributed by atoms with E-state index in [1.54, 1.807) is 18.2 Å². The third-order valence-electron chi connectivity index (χ3n) is 1.86. The van der Waals surface area contributed by atoms with Gasteiger partial charge in [0.05, 0.1) is 0 Å². The Balaban J connectivity index is 2.66. The summed E-state index contributed by atoms with van der Waals surface area (Å²) < 4.78 is 0. The van der Waals surface area contributed by atoms with Crippen molar-refractivity contribution < 1.29 is 4.79 Å². The monoisotopic (exact) mass is 190 g/mol. The molecule has 74 valence electrons. The Hall–Kier alpha value is -1.61. The van der Waals surface area contributed by atoms with Crippen molar-refractivity contribution in [1.29, 1.82) is 0 Å². The van der Waals surface area contributed by atoms with E-state index in [4.69, 9.17) is 5.73 Å². The lowest BCUT2D eigenvalue weighted by molar-refractivity contribution is 0.0958. The summed E-state index contributed by atoms with van der Waals surface area (Å²) in [4.78, 5) is 11.4. The van der Waals surface area contributed by atoms with E-state index in [1.165, 1.54) is 0 Å². The van der Waals surface area contributed by atoms with Gasteiger partial charge in [-0.2, -0.15) is 0 Å². The molecule has 0 unspecified atom stereocenters. The topological polar surface area (TPSA) is 55.1 Å². The fraction of sp³-hybridized carbons (Fsp3) is 0.182. The van der Waals surface area contributed by atoms with E-state index >= 15 is 0 Å². The molecule has 1 rings (SSSR count). The zero-order valence-electron chi connectivity index (χ0n) is 7.99. The van der Waals surface area contributed by atoms with Gasteiger partial charge in [-0.1, -0.05) is 18.2 Å². The van der Waals surface area contributed by atoms with E-state index in [0.29, 0.717) is 18.7 Å². The third kappa shape index (κ3) is 2.71. The zero-order chi connectivity index (χ0) is 10.4. The smallest absolute Gasteiger partial charge is 0.251 e. The fourth-order valence-electron chi connectivity index (χ4n) is 1.06. The van der Waals surface area contributed by atoms with Gasteiger partial charge in [-0.3, -0.25) is 4.79 Å². The van der Waals surface area contributed by atoms with Crippen molar-refractivity contribution in [3.63, 3.8) is 0 Å². The lowest BCUT2D eigenvalue weighted by Crippen LogP contribution is -2.23. The molecule has 3 nitrogen and oxygen atoms in total. The maximum atomic E-state index is 11.4. The van der Waals surface area contributed by atoms with Crippen LogP contribution in [0.2, 0.25) is 0 Å². The molecule has 1 aromatic carbocycles. The molecule has 0 spiro atoms. The van der Waals surface area contributed by atoms with Gasteiger partial charge in [0, 0.05) is 18.7 Å². The predicted octanol–water partition coefficient (Wildman–Crippen LogP) is 1.06. The van der Waals surface area contributed by atoms with Gasteiger partial charge in [0.2, 0.25) is 0 Å². The van der Waals surface area contributed by atoms with Crippen LogP contribution in [-0.4, -0.2) is 12.5 Å². The van der Waals surface area contributed by atoms with Crippen LogP contribution in [0, 0.1) is 0 Å². The van der Waals surface area contributed by atoms with Gasteiger partial charge in [0.1, 0.15) is 0 Å². The lowest BCUT2D eigenvalue weighted by atomic mass is 10.1. The Kier molecular flexibility index (Phi) is 3.88. The maximum absolute atomic E-state index is 11.4. The van der Waals surface area contributed by atoms with Crippen molar-refractivity contribution in [2.75, 3.05) is 6.54 Å². The number of carbonyl (C=O) groups excluding carboxylic acids is 1. The molecule has 0 radical (unpaired) electrons. The Bertz CT molecular complexity index is 317. The van der Waals surface area contributed by atoms with Gasteiger partial charge in [-0.05, 0) is 17.7 Å². The van der Waals surface area contributed by atoms with Gasteiger partial charge in [-0.25, -0.2) is 0 Å². The minimum Gasteiger partial charge on any atom is -0.349 e. The molecule has 1 amide bonds. The van der Waals surface area contributed by atoms with Gasteiger partial charge in [0.15, 0.2) is 0 Å². The molecule has 3 heteroatoms. The molecule has 1 aromatic rings. The average Bonchev–Trinajstić information content (AvgIpc) is 2.26. The number of nitrogens with two attached hydrogens (primary N) is 1. The van der Waals surface area contributed by atoms with E-state index < -0.39 is 0 Å². The molecule has 0 saturated heterocycles. The molecule has 0 saturated carbocycles. The van der Waals surface area contributed by atoms with E-state index in [2.05, 4.69) is 11.9 Å². The van der Waals surface area contributed by atoms with Crippen LogP contribution in [0.4, 0.5) is 0 Å². The minimum absolute atomic E-state index is 0.0894. The van der Waals surface area contributed by atoms with Crippen LogP contribution < -0.4 is 11.1 Å². The van der Waals surface area contributed by atoms with Crippen LogP contribution in [0.5, 0.6) is 0 Å². The maximum Gasteiger partial charge on any atom is 0.251 e. The molecule has 0 heterocycles. The van der Waals surface area contributed by atoms with Crippen LogP contribution in [0.3, 0.4) is 0 Å². The second-order valence-corrected chi connectivity index (χ2v) is 2.90. The van der Waals surface area contributed by atoms with Crippen LogP contribution >= 0.6 is 0 Å². The molecule has 0 bridgehead atoms. The number of rotatable bonds is 4. The summed E-state index contributed by atoms with van der Waals surface area (Å²) in [6.07, 6.45) is 1.64. The summed E-state index contributed by atoms with van der Waals surface area (Å²) in [6.45, 7) is 4.50. The first-order chi connectivity index (χ1) is 6.77. The standard InChI is InChI=1S/C11H14N2O/c1-2-7-13-11(14)10-5-3-9(8-12)4-6-10/h2-6H,1,7-8,12H2,(H,13,14). The number of carbonyl (C=O) groups is 1. The highest BCUT2D eigenvalue weighted by Gasteiger charge is 2.02. The quantitative estimate of drug-likeness (QED) is 0.697. The van der Waals surface area contributed by atoms with Gasteiger partial charge in [0.25, 0.3) is 5.91 Å². The molecule has 0 atom stereocenters. The third-order valence-corrected chi connectivity index (χ3v) is 1.86. The van der Waals surface area contributed by atoms with Crippen molar-refractivity contribution >= 4 is 5.91 Å². The zero-order valence-corrected chi connectivity index (χ0v) is 7.99. The second kappa shape index (κ2) is 5.19. The van der Waals surface area contributed by atoms with Gasteiger partial charge in [-0.15, -0.1) is 6.58 Å². The normalized spacial score (nSPS) is 9.50. The molecule has 3 N–H and O–H groups in total. The van der Waals surface area contributed by atoms with Crippen LogP contribution in [-0.2, 0) is 6.54 Å². The lowest BCUT2D eigenvalue weighted by Gasteiger charge is -2.02. The highest BCUT2D eigenvalue weighted by atomic mass is 16.1. The first-order valence-corrected chi connectivity index (χ1v) is 4.46. The van der Waals surface area contributed by atoms with Crippen molar-refractivity contribution in [2.45, 2.75) is 6.54 Å². The number of amides is 1. The minimum atomic E-state index is -0.0894. The largest absolute Gasteiger partial charge is 0.349 e. The Morgan fingerprint density at radius 3 is 2.57 bits per heavy atom. The van der Waals surface area contributed by atoms with E-state index in [9.17, 15) is 4.79 Å². The number of benzene rings is 1. The first-order valence-electron chi connectivity index (χ1n) is 4.46. The fourth-order valence-corrected chi connectivity index (χ4v) is 1.06. The molecule has 14 heavy (non-hydrogen) atoms. The molecule has 0 aliphatic rings. The van der Waals surface area contributed by atoms with E-state index in [-0.39, 0.29) is 5.91 Å². The SMILES string of the molecule is C=CCNC(=O)c1ccc(CN)cc1. The van der Waals surface area contributed by atoms with Gasteiger partial charge < -0.3 is 11.1 Å². The van der Waals surface area contributed by atoms with E-state index in [1.807, 2.05) is 12.1 Å². The number of hydrogen-bond acceptors (Lipinski definition) is 2. The summed E-state index contributed by atoms with van der Waals surface area (Å²) in [5.74, 6) is -0.0894. The van der Waals surface area contributed by atoms with Crippen LogP contribution in [0.15, 0.2) is 36.9 Å². The summed E-state index contributed by atoms with van der Waals surface area (Å²) >= 11 is 0. The average molecular weight is 190 g/mol. The first kappa shape index (κ1) is 10.5. The van der Waals surface area contributed by atoms with Crippen LogP contribution in [0.25, 0.3) is 0 Å². The second-order valence-electron chi connectivity index (χ2n) is 2.90. The Labute approximate surface area is 83.6 Å². The molecule has 0 aliphatic heterocycles. The van der Waals surface area contributed by atoms with Crippen LogP contribution in [0.1, 0.15) is 15.9 Å². The number of hydrogen-bond donors (Lipinski definition) is 2. The van der Waals surface area contributed by atoms with Crippen molar-refractivity contribution in [3.8, 4) is 0 Å². The highest BCUT2D eigenvalue weighted by Crippen LogP contribution is 2.03. The number of nitrogens with one attached hydrogen (secondary N) is 1. The van der Waals surface area contributed by atoms with Crippen molar-refractivity contribution in [2.24, 2.45) is 5.73 Å². The molecule has 0 aromatic heterocycles. The molecular formula is C11H14N2O. The molecule has 0 aliphatic carbocycles.